The van der Waals surface area contributed by atoms with Gasteiger partial charge in [0.1, 0.15) is 0 Å². The van der Waals surface area contributed by atoms with Crippen molar-refractivity contribution in [1.82, 2.24) is 15.2 Å². The van der Waals surface area contributed by atoms with Gasteiger partial charge in [-0.05, 0) is 73.9 Å². The minimum absolute atomic E-state index is 0.0732. The van der Waals surface area contributed by atoms with E-state index in [4.69, 9.17) is 0 Å². The molecule has 30 heavy (non-hydrogen) atoms. The summed E-state index contributed by atoms with van der Waals surface area (Å²) in [6, 6.07) is 4.84. The number of aryl methyl sites for hydroxylation is 2. The molecule has 3 rings (SSSR count). The maximum atomic E-state index is 12.6. The SMILES string of the molecule is Cc1cc(C(=O)NNC(=O)c2cc3c(s2)CCC(C)C3)cc(S(=O)(=O)N(C)C)c1C. The summed E-state index contributed by atoms with van der Waals surface area (Å²) in [5.74, 6) is -0.336. The Kier molecular flexibility index (Phi) is 6.35. The molecule has 0 fully saturated rings. The van der Waals surface area contributed by atoms with Crippen molar-refractivity contribution in [3.63, 3.8) is 0 Å². The molecule has 0 saturated heterocycles. The number of rotatable bonds is 4. The van der Waals surface area contributed by atoms with Gasteiger partial charge in [-0.15, -0.1) is 11.3 Å². The summed E-state index contributed by atoms with van der Waals surface area (Å²) in [4.78, 5) is 27.0. The summed E-state index contributed by atoms with van der Waals surface area (Å²) in [6.45, 7) is 5.65. The van der Waals surface area contributed by atoms with Gasteiger partial charge < -0.3 is 0 Å². The topological polar surface area (TPSA) is 95.6 Å². The Bertz CT molecular complexity index is 1100. The molecule has 9 heteroatoms. The summed E-state index contributed by atoms with van der Waals surface area (Å²) in [7, 11) is -0.813. The van der Waals surface area contributed by atoms with E-state index in [1.165, 1.54) is 41.9 Å². The van der Waals surface area contributed by atoms with Gasteiger partial charge in [0.25, 0.3) is 11.8 Å². The highest BCUT2D eigenvalue weighted by atomic mass is 32.2. The molecule has 2 N–H and O–H groups in total. The highest BCUT2D eigenvalue weighted by Crippen LogP contribution is 2.32. The van der Waals surface area contributed by atoms with Crippen molar-refractivity contribution >= 4 is 33.2 Å². The maximum Gasteiger partial charge on any atom is 0.279 e. The van der Waals surface area contributed by atoms with E-state index in [0.717, 1.165) is 23.6 Å². The number of hydrazine groups is 1. The van der Waals surface area contributed by atoms with Crippen molar-refractivity contribution in [2.75, 3.05) is 14.1 Å². The fourth-order valence-electron chi connectivity index (χ4n) is 3.49. The summed E-state index contributed by atoms with van der Waals surface area (Å²) in [5, 5.41) is 0. The third-order valence-corrected chi connectivity index (χ3v) is 8.66. The second-order valence-corrected chi connectivity index (χ2v) is 11.3. The Morgan fingerprint density at radius 1 is 1.10 bits per heavy atom. The standard InChI is InChI=1S/C21H27N3O4S2/c1-12-6-7-17-15(8-12)10-18(29-17)21(26)23-22-20(25)16-9-13(2)14(3)19(11-16)30(27,28)24(4)5/h9-12H,6-8H2,1-5H3,(H,22,25)(H,23,26). The monoisotopic (exact) mass is 449 g/mol. The van der Waals surface area contributed by atoms with Crippen LogP contribution in [0.1, 0.15) is 54.9 Å². The van der Waals surface area contributed by atoms with Crippen LogP contribution >= 0.6 is 11.3 Å². The number of carbonyl (C=O) groups excluding carboxylic acids is 2. The lowest BCUT2D eigenvalue weighted by atomic mass is 9.90. The van der Waals surface area contributed by atoms with E-state index in [1.807, 2.05) is 6.07 Å². The zero-order valence-corrected chi connectivity index (χ0v) is 19.5. The molecule has 1 aliphatic carbocycles. The highest BCUT2D eigenvalue weighted by molar-refractivity contribution is 7.89. The molecule has 1 unspecified atom stereocenters. The summed E-state index contributed by atoms with van der Waals surface area (Å²) in [5.41, 5.74) is 7.48. The first-order chi connectivity index (χ1) is 14.0. The fourth-order valence-corrected chi connectivity index (χ4v) is 5.81. The number of sulfonamides is 1. The van der Waals surface area contributed by atoms with Gasteiger partial charge >= 0.3 is 0 Å². The van der Waals surface area contributed by atoms with Crippen LogP contribution in [0.15, 0.2) is 23.1 Å². The minimum Gasteiger partial charge on any atom is -0.267 e. The molecule has 0 spiro atoms. The van der Waals surface area contributed by atoms with Gasteiger partial charge in [0, 0.05) is 24.5 Å². The molecule has 0 aliphatic heterocycles. The van der Waals surface area contributed by atoms with Crippen LogP contribution in [0.25, 0.3) is 0 Å². The number of fused-ring (bicyclic) bond motifs is 1. The summed E-state index contributed by atoms with van der Waals surface area (Å²) in [6.07, 6.45) is 3.07. The summed E-state index contributed by atoms with van der Waals surface area (Å²) >= 11 is 1.46. The molecule has 1 aliphatic rings. The van der Waals surface area contributed by atoms with E-state index in [1.54, 1.807) is 19.9 Å². The van der Waals surface area contributed by atoms with Crippen molar-refractivity contribution < 1.29 is 18.0 Å². The fraction of sp³-hybridized carbons (Fsp3) is 0.429. The van der Waals surface area contributed by atoms with Crippen molar-refractivity contribution in [1.29, 1.82) is 0 Å². The van der Waals surface area contributed by atoms with Crippen LogP contribution in [0.3, 0.4) is 0 Å². The summed E-state index contributed by atoms with van der Waals surface area (Å²) < 4.78 is 26.3. The molecular formula is C21H27N3O4S2. The Morgan fingerprint density at radius 2 is 1.77 bits per heavy atom. The number of benzene rings is 1. The Balaban J connectivity index is 1.75. The molecule has 0 radical (unpaired) electrons. The lowest BCUT2D eigenvalue weighted by molar-refractivity contribution is 0.0848. The number of carbonyl (C=O) groups is 2. The van der Waals surface area contributed by atoms with E-state index in [-0.39, 0.29) is 16.4 Å². The average Bonchev–Trinajstić information content (AvgIpc) is 3.10. The van der Waals surface area contributed by atoms with Crippen molar-refractivity contribution in [2.45, 2.75) is 44.9 Å². The van der Waals surface area contributed by atoms with Crippen molar-refractivity contribution in [2.24, 2.45) is 5.92 Å². The largest absolute Gasteiger partial charge is 0.279 e. The number of amides is 2. The molecule has 0 saturated carbocycles. The maximum absolute atomic E-state index is 12.6. The first-order valence-electron chi connectivity index (χ1n) is 9.76. The molecule has 162 valence electrons. The number of hydrogen-bond acceptors (Lipinski definition) is 5. The Morgan fingerprint density at radius 3 is 2.43 bits per heavy atom. The first-order valence-corrected chi connectivity index (χ1v) is 12.0. The molecule has 2 amide bonds. The van der Waals surface area contributed by atoms with Crippen LogP contribution in [0.5, 0.6) is 0 Å². The molecule has 1 atom stereocenters. The lowest BCUT2D eigenvalue weighted by Crippen LogP contribution is -2.41. The van der Waals surface area contributed by atoms with Crippen LogP contribution in [0.2, 0.25) is 0 Å². The first kappa shape index (κ1) is 22.5. The highest BCUT2D eigenvalue weighted by Gasteiger charge is 2.24. The number of thiophene rings is 1. The van der Waals surface area contributed by atoms with E-state index in [9.17, 15) is 18.0 Å². The van der Waals surface area contributed by atoms with Crippen LogP contribution in [0.4, 0.5) is 0 Å². The molecule has 2 aromatic rings. The molecule has 1 heterocycles. The molecule has 7 nitrogen and oxygen atoms in total. The van der Waals surface area contributed by atoms with Crippen LogP contribution in [-0.4, -0.2) is 38.6 Å². The van der Waals surface area contributed by atoms with E-state index < -0.39 is 15.9 Å². The van der Waals surface area contributed by atoms with Gasteiger partial charge in [-0.3, -0.25) is 20.4 Å². The van der Waals surface area contributed by atoms with Crippen LogP contribution in [-0.2, 0) is 22.9 Å². The van der Waals surface area contributed by atoms with Gasteiger partial charge in [-0.2, -0.15) is 0 Å². The Labute approximate surface area is 181 Å². The molecule has 1 aromatic heterocycles. The lowest BCUT2D eigenvalue weighted by Gasteiger charge is -2.16. The van der Waals surface area contributed by atoms with Gasteiger partial charge in [0.15, 0.2) is 0 Å². The quantitative estimate of drug-likeness (QED) is 0.702. The van der Waals surface area contributed by atoms with Gasteiger partial charge in [-0.1, -0.05) is 6.92 Å². The molecule has 1 aromatic carbocycles. The van der Waals surface area contributed by atoms with Gasteiger partial charge in [0.2, 0.25) is 10.0 Å². The third kappa shape index (κ3) is 4.43. The second kappa shape index (κ2) is 8.49. The number of hydrogen-bond donors (Lipinski definition) is 2. The normalized spacial score (nSPS) is 16.3. The Hall–Kier alpha value is -2.23. The van der Waals surface area contributed by atoms with Crippen molar-refractivity contribution in [3.8, 4) is 0 Å². The predicted molar refractivity (Wildman–Crippen MR) is 117 cm³/mol. The predicted octanol–water partition coefficient (Wildman–Crippen LogP) is 2.81. The van der Waals surface area contributed by atoms with E-state index in [0.29, 0.717) is 21.9 Å². The van der Waals surface area contributed by atoms with Gasteiger partial charge in [-0.25, -0.2) is 12.7 Å². The number of nitrogens with one attached hydrogen (secondary N) is 2. The zero-order chi connectivity index (χ0) is 22.2. The van der Waals surface area contributed by atoms with E-state index in [2.05, 4.69) is 17.8 Å². The van der Waals surface area contributed by atoms with Crippen LogP contribution in [0, 0.1) is 19.8 Å². The molecule has 0 bridgehead atoms. The zero-order valence-electron chi connectivity index (χ0n) is 17.8. The van der Waals surface area contributed by atoms with Crippen LogP contribution < -0.4 is 10.9 Å². The third-order valence-electron chi connectivity index (χ3n) is 5.48. The van der Waals surface area contributed by atoms with Crippen molar-refractivity contribution in [3.05, 3.63) is 50.2 Å². The second-order valence-electron chi connectivity index (χ2n) is 8.02. The average molecular weight is 450 g/mol. The van der Waals surface area contributed by atoms with E-state index >= 15 is 0 Å². The molecular weight excluding hydrogens is 422 g/mol. The number of nitrogens with zero attached hydrogens (tertiary/aromatic N) is 1. The van der Waals surface area contributed by atoms with Gasteiger partial charge in [0.05, 0.1) is 9.77 Å². The smallest absolute Gasteiger partial charge is 0.267 e. The minimum atomic E-state index is -3.70.